The molecular weight excluding hydrogens is 236 g/mol. The molecular formula is C15H26N4. The Morgan fingerprint density at radius 1 is 1.21 bits per heavy atom. The summed E-state index contributed by atoms with van der Waals surface area (Å²) < 4.78 is 2.45. The molecule has 1 aromatic heterocycles. The van der Waals surface area contributed by atoms with E-state index in [2.05, 4.69) is 47.8 Å². The molecule has 19 heavy (non-hydrogen) atoms. The lowest BCUT2D eigenvalue weighted by Gasteiger charge is -2.27. The maximum Gasteiger partial charge on any atom is 0.153 e. The highest BCUT2D eigenvalue weighted by atomic mass is 15.3. The molecule has 4 heteroatoms. The molecule has 0 saturated heterocycles. The molecule has 0 atom stereocenters. The second kappa shape index (κ2) is 4.58. The minimum absolute atomic E-state index is 0.0903. The van der Waals surface area contributed by atoms with Gasteiger partial charge in [-0.05, 0) is 52.0 Å². The summed E-state index contributed by atoms with van der Waals surface area (Å²) in [6, 6.07) is 0.667. The Balaban J connectivity index is 1.86. The van der Waals surface area contributed by atoms with Gasteiger partial charge in [0, 0.05) is 12.0 Å². The van der Waals surface area contributed by atoms with Crippen molar-refractivity contribution in [1.82, 2.24) is 20.1 Å². The highest BCUT2D eigenvalue weighted by Crippen LogP contribution is 2.45. The molecule has 3 rings (SSSR count). The van der Waals surface area contributed by atoms with Crippen LogP contribution in [0.2, 0.25) is 0 Å². The number of hydrogen-bond acceptors (Lipinski definition) is 3. The first-order chi connectivity index (χ1) is 8.99. The molecule has 1 heterocycles. The fourth-order valence-corrected chi connectivity index (χ4v) is 2.58. The van der Waals surface area contributed by atoms with E-state index in [1.807, 2.05) is 0 Å². The van der Waals surface area contributed by atoms with E-state index >= 15 is 0 Å². The van der Waals surface area contributed by atoms with E-state index in [9.17, 15) is 0 Å². The second-order valence-corrected chi connectivity index (χ2v) is 7.16. The highest BCUT2D eigenvalue weighted by Gasteiger charge is 2.39. The lowest BCUT2D eigenvalue weighted by atomic mass is 10.0. The van der Waals surface area contributed by atoms with Crippen LogP contribution in [0.5, 0.6) is 0 Å². The second-order valence-electron chi connectivity index (χ2n) is 7.16. The smallest absolute Gasteiger partial charge is 0.153 e. The van der Waals surface area contributed by atoms with Gasteiger partial charge in [-0.1, -0.05) is 13.8 Å². The summed E-state index contributed by atoms with van der Waals surface area (Å²) in [5.41, 5.74) is -0.0903. The van der Waals surface area contributed by atoms with Gasteiger partial charge >= 0.3 is 0 Å². The predicted octanol–water partition coefficient (Wildman–Crippen LogP) is 2.97. The summed E-state index contributed by atoms with van der Waals surface area (Å²) in [7, 11) is 0. The van der Waals surface area contributed by atoms with Crippen molar-refractivity contribution in [3.63, 3.8) is 0 Å². The lowest BCUT2D eigenvalue weighted by molar-refractivity contribution is 0.341. The van der Waals surface area contributed by atoms with Gasteiger partial charge < -0.3 is 9.88 Å². The van der Waals surface area contributed by atoms with E-state index in [-0.39, 0.29) is 5.54 Å². The topological polar surface area (TPSA) is 42.7 Å². The van der Waals surface area contributed by atoms with Gasteiger partial charge in [-0.2, -0.15) is 0 Å². The van der Waals surface area contributed by atoms with Crippen LogP contribution < -0.4 is 5.32 Å². The predicted molar refractivity (Wildman–Crippen MR) is 76.1 cm³/mol. The molecule has 0 spiro atoms. The molecule has 2 aliphatic rings. The van der Waals surface area contributed by atoms with Gasteiger partial charge in [-0.15, -0.1) is 10.2 Å². The van der Waals surface area contributed by atoms with Crippen molar-refractivity contribution in [2.75, 3.05) is 6.54 Å². The average molecular weight is 262 g/mol. The van der Waals surface area contributed by atoms with Crippen LogP contribution in [0.4, 0.5) is 0 Å². The van der Waals surface area contributed by atoms with Gasteiger partial charge in [0.05, 0.1) is 5.54 Å². The fraction of sp³-hybridized carbons (Fsp3) is 0.867. The first-order valence-corrected chi connectivity index (χ1v) is 7.69. The Hall–Kier alpha value is -0.900. The highest BCUT2D eigenvalue weighted by molar-refractivity contribution is 5.16. The maximum absolute atomic E-state index is 4.54. The number of nitrogens with one attached hydrogen (secondary N) is 1. The van der Waals surface area contributed by atoms with E-state index in [1.54, 1.807) is 0 Å². The van der Waals surface area contributed by atoms with Crippen molar-refractivity contribution in [2.45, 2.75) is 70.9 Å². The molecule has 106 valence electrons. The first kappa shape index (κ1) is 13.1. The van der Waals surface area contributed by atoms with Crippen molar-refractivity contribution >= 4 is 0 Å². The summed E-state index contributed by atoms with van der Waals surface area (Å²) in [4.78, 5) is 0. The molecule has 0 radical (unpaired) electrons. The molecule has 1 N–H and O–H groups in total. The van der Waals surface area contributed by atoms with Crippen LogP contribution in [0, 0.1) is 5.92 Å². The molecule has 2 saturated carbocycles. The Morgan fingerprint density at radius 2 is 1.89 bits per heavy atom. The van der Waals surface area contributed by atoms with Crippen LogP contribution in [0.3, 0.4) is 0 Å². The lowest BCUT2D eigenvalue weighted by Crippen LogP contribution is -2.41. The molecule has 1 aromatic rings. The zero-order valence-corrected chi connectivity index (χ0v) is 12.6. The number of rotatable bonds is 6. The van der Waals surface area contributed by atoms with Crippen LogP contribution in [0.25, 0.3) is 0 Å². The minimum atomic E-state index is -0.0903. The largest absolute Gasteiger partial charge is 0.310 e. The van der Waals surface area contributed by atoms with Crippen molar-refractivity contribution in [3.05, 3.63) is 11.6 Å². The number of nitrogens with zero attached hydrogens (tertiary/aromatic N) is 3. The van der Waals surface area contributed by atoms with Gasteiger partial charge in [0.15, 0.2) is 5.82 Å². The van der Waals surface area contributed by atoms with E-state index in [1.165, 1.54) is 31.5 Å². The quantitative estimate of drug-likeness (QED) is 0.857. The average Bonchev–Trinajstić information content (AvgIpc) is 3.25. The standard InChI is InChI=1S/C15H26N4/c1-10(2)9-16-15(3,4)14-18-17-13(11-5-6-11)19(14)12-7-8-12/h10-12,16H,5-9H2,1-4H3. The summed E-state index contributed by atoms with van der Waals surface area (Å²) in [5, 5.41) is 12.7. The zero-order valence-electron chi connectivity index (χ0n) is 12.6. The van der Waals surface area contributed by atoms with Gasteiger partial charge in [-0.3, -0.25) is 0 Å². The SMILES string of the molecule is CC(C)CNC(C)(C)c1nnc(C2CC2)n1C1CC1. The molecule has 0 aromatic carbocycles. The van der Waals surface area contributed by atoms with Gasteiger partial charge in [0.2, 0.25) is 0 Å². The van der Waals surface area contributed by atoms with Crippen molar-refractivity contribution in [3.8, 4) is 0 Å². The Morgan fingerprint density at radius 3 is 2.42 bits per heavy atom. The van der Waals surface area contributed by atoms with E-state index in [0.29, 0.717) is 17.9 Å². The maximum atomic E-state index is 4.54. The molecule has 4 nitrogen and oxygen atoms in total. The third-order valence-corrected chi connectivity index (χ3v) is 4.09. The molecule has 0 aliphatic heterocycles. The normalized spacial score (nSPS) is 20.3. The molecule has 2 fully saturated rings. The van der Waals surface area contributed by atoms with Gasteiger partial charge in [-0.25, -0.2) is 0 Å². The minimum Gasteiger partial charge on any atom is -0.310 e. The number of hydrogen-bond donors (Lipinski definition) is 1. The number of aromatic nitrogens is 3. The molecule has 0 unspecified atom stereocenters. The van der Waals surface area contributed by atoms with Crippen LogP contribution >= 0.6 is 0 Å². The van der Waals surface area contributed by atoms with E-state index < -0.39 is 0 Å². The Labute approximate surface area is 116 Å². The first-order valence-electron chi connectivity index (χ1n) is 7.69. The summed E-state index contributed by atoms with van der Waals surface area (Å²) in [6.07, 6.45) is 5.19. The summed E-state index contributed by atoms with van der Waals surface area (Å²) in [6.45, 7) is 9.96. The molecule has 0 bridgehead atoms. The van der Waals surface area contributed by atoms with Crippen molar-refractivity contribution in [2.24, 2.45) is 5.92 Å². The Kier molecular flexibility index (Phi) is 3.16. The zero-order chi connectivity index (χ0) is 13.6. The fourth-order valence-electron chi connectivity index (χ4n) is 2.58. The third kappa shape index (κ3) is 2.69. The van der Waals surface area contributed by atoms with Crippen molar-refractivity contribution < 1.29 is 0 Å². The van der Waals surface area contributed by atoms with Crippen LogP contribution in [0.15, 0.2) is 0 Å². The van der Waals surface area contributed by atoms with Crippen LogP contribution in [-0.2, 0) is 5.54 Å². The van der Waals surface area contributed by atoms with Gasteiger partial charge in [0.1, 0.15) is 5.82 Å². The monoisotopic (exact) mass is 262 g/mol. The summed E-state index contributed by atoms with van der Waals surface area (Å²) in [5.74, 6) is 3.72. The molecule has 0 amide bonds. The van der Waals surface area contributed by atoms with Crippen LogP contribution in [-0.4, -0.2) is 21.3 Å². The van der Waals surface area contributed by atoms with Crippen LogP contribution in [0.1, 0.15) is 77.0 Å². The summed E-state index contributed by atoms with van der Waals surface area (Å²) >= 11 is 0. The van der Waals surface area contributed by atoms with E-state index in [4.69, 9.17) is 0 Å². The van der Waals surface area contributed by atoms with Crippen molar-refractivity contribution in [1.29, 1.82) is 0 Å². The van der Waals surface area contributed by atoms with Gasteiger partial charge in [0.25, 0.3) is 0 Å². The third-order valence-electron chi connectivity index (χ3n) is 4.09. The molecule has 2 aliphatic carbocycles. The van der Waals surface area contributed by atoms with E-state index in [0.717, 1.165) is 12.4 Å². The Bertz CT molecular complexity index is 453.